The Bertz CT molecular complexity index is 523. The van der Waals surface area contributed by atoms with Crippen molar-refractivity contribution < 1.29 is 19.4 Å². The molecular weight excluding hydrogens is 292 g/mol. The number of amides is 2. The molecule has 1 fully saturated rings. The van der Waals surface area contributed by atoms with E-state index in [2.05, 4.69) is 5.32 Å². The van der Waals surface area contributed by atoms with Crippen molar-refractivity contribution in [3.05, 3.63) is 29.8 Å². The number of nitrogens with zero attached hydrogens (tertiary/aromatic N) is 1. The Hall–Kier alpha value is -1.89. The van der Waals surface area contributed by atoms with Gasteiger partial charge in [-0.3, -0.25) is 0 Å². The zero-order valence-electron chi connectivity index (χ0n) is 11.7. The summed E-state index contributed by atoms with van der Waals surface area (Å²) in [6.07, 6.45) is 0.633. The molecular formula is C14H18N2O4S. The van der Waals surface area contributed by atoms with Crippen LogP contribution in [0.1, 0.15) is 5.56 Å². The summed E-state index contributed by atoms with van der Waals surface area (Å²) in [4.78, 5) is 24.4. The Morgan fingerprint density at radius 1 is 1.48 bits per heavy atom. The molecule has 1 aromatic rings. The lowest BCUT2D eigenvalue weighted by atomic mass is 10.1. The Morgan fingerprint density at radius 2 is 2.24 bits per heavy atom. The van der Waals surface area contributed by atoms with Crippen molar-refractivity contribution in [2.24, 2.45) is 0 Å². The van der Waals surface area contributed by atoms with Gasteiger partial charge in [0.25, 0.3) is 0 Å². The van der Waals surface area contributed by atoms with Crippen LogP contribution in [0.25, 0.3) is 0 Å². The van der Waals surface area contributed by atoms with Crippen molar-refractivity contribution in [3.63, 3.8) is 0 Å². The third-order valence-electron chi connectivity index (χ3n) is 3.29. The van der Waals surface area contributed by atoms with E-state index in [9.17, 15) is 9.59 Å². The molecule has 1 aliphatic heterocycles. The van der Waals surface area contributed by atoms with E-state index in [0.29, 0.717) is 24.6 Å². The molecule has 0 saturated carbocycles. The molecule has 1 aliphatic rings. The third-order valence-corrected chi connectivity index (χ3v) is 4.30. The first kappa shape index (κ1) is 15.5. The Labute approximate surface area is 127 Å². The van der Waals surface area contributed by atoms with E-state index in [4.69, 9.17) is 9.84 Å². The van der Waals surface area contributed by atoms with Crippen molar-refractivity contribution in [1.29, 1.82) is 0 Å². The molecule has 6 nitrogen and oxygen atoms in total. The number of hydrogen-bond donors (Lipinski definition) is 2. The fraction of sp³-hybridized carbons (Fsp3) is 0.429. The van der Waals surface area contributed by atoms with Crippen LogP contribution < -0.4 is 10.1 Å². The normalized spacial score (nSPS) is 17.6. The largest absolute Gasteiger partial charge is 0.496 e. The summed E-state index contributed by atoms with van der Waals surface area (Å²) in [7, 11) is 1.61. The van der Waals surface area contributed by atoms with Crippen LogP contribution in [0, 0.1) is 0 Å². The van der Waals surface area contributed by atoms with Gasteiger partial charge in [0.05, 0.1) is 13.0 Å². The molecule has 0 spiro atoms. The summed E-state index contributed by atoms with van der Waals surface area (Å²) >= 11 is 1.45. The van der Waals surface area contributed by atoms with Crippen LogP contribution in [0.4, 0.5) is 4.79 Å². The molecule has 114 valence electrons. The van der Waals surface area contributed by atoms with Crippen LogP contribution >= 0.6 is 11.8 Å². The van der Waals surface area contributed by atoms with E-state index in [1.165, 1.54) is 16.7 Å². The summed E-state index contributed by atoms with van der Waals surface area (Å²) in [6, 6.07) is 6.55. The maximum atomic E-state index is 12.0. The van der Waals surface area contributed by atoms with Gasteiger partial charge in [-0.05, 0) is 18.1 Å². The van der Waals surface area contributed by atoms with E-state index < -0.39 is 12.0 Å². The van der Waals surface area contributed by atoms with E-state index >= 15 is 0 Å². The van der Waals surface area contributed by atoms with Crippen molar-refractivity contribution in [2.45, 2.75) is 12.5 Å². The maximum Gasteiger partial charge on any atom is 0.327 e. The average molecular weight is 310 g/mol. The highest BCUT2D eigenvalue weighted by atomic mass is 32.2. The zero-order valence-corrected chi connectivity index (χ0v) is 12.6. The van der Waals surface area contributed by atoms with Crippen LogP contribution in [0.2, 0.25) is 0 Å². The molecule has 0 radical (unpaired) electrons. The monoisotopic (exact) mass is 310 g/mol. The Kier molecular flexibility index (Phi) is 5.32. The number of aliphatic carboxylic acids is 1. The van der Waals surface area contributed by atoms with Gasteiger partial charge in [0.2, 0.25) is 0 Å². The highest BCUT2D eigenvalue weighted by Gasteiger charge is 2.34. The first-order valence-electron chi connectivity index (χ1n) is 6.60. The number of nitrogens with one attached hydrogen (secondary N) is 1. The summed E-state index contributed by atoms with van der Waals surface area (Å²) in [5.41, 5.74) is 1.01. The molecule has 1 aromatic carbocycles. The standard InChI is InChI=1S/C14H18N2O4S/c1-20-12-5-3-2-4-10(12)6-7-15-14(19)16-9-21-8-11(16)13(17)18/h2-5,11H,6-9H2,1H3,(H,15,19)(H,17,18)/t11-/m0/s1. The van der Waals surface area contributed by atoms with Crippen molar-refractivity contribution in [3.8, 4) is 5.75 Å². The number of rotatable bonds is 5. The smallest absolute Gasteiger partial charge is 0.327 e. The number of carbonyl (C=O) groups excluding carboxylic acids is 1. The molecule has 0 bridgehead atoms. The highest BCUT2D eigenvalue weighted by molar-refractivity contribution is 7.99. The van der Waals surface area contributed by atoms with E-state index in [1.54, 1.807) is 7.11 Å². The number of thioether (sulfide) groups is 1. The minimum absolute atomic E-state index is 0.331. The number of benzene rings is 1. The van der Waals surface area contributed by atoms with Gasteiger partial charge in [0.1, 0.15) is 11.8 Å². The SMILES string of the molecule is COc1ccccc1CCNC(=O)N1CSC[C@H]1C(=O)O. The second kappa shape index (κ2) is 7.21. The van der Waals surface area contributed by atoms with Gasteiger partial charge in [-0.1, -0.05) is 18.2 Å². The predicted molar refractivity (Wildman–Crippen MR) is 80.7 cm³/mol. The summed E-state index contributed by atoms with van der Waals surface area (Å²) in [5, 5.41) is 11.8. The van der Waals surface area contributed by atoms with Gasteiger partial charge in [-0.25, -0.2) is 9.59 Å². The Morgan fingerprint density at radius 3 is 2.95 bits per heavy atom. The second-order valence-electron chi connectivity index (χ2n) is 4.62. The molecule has 2 rings (SSSR count). The minimum Gasteiger partial charge on any atom is -0.496 e. The summed E-state index contributed by atoms with van der Waals surface area (Å²) in [5.74, 6) is 0.680. The summed E-state index contributed by atoms with van der Waals surface area (Å²) < 4.78 is 5.25. The molecule has 21 heavy (non-hydrogen) atoms. The quantitative estimate of drug-likeness (QED) is 0.859. The second-order valence-corrected chi connectivity index (χ2v) is 5.62. The number of methoxy groups -OCH3 is 1. The highest BCUT2D eigenvalue weighted by Crippen LogP contribution is 2.21. The molecule has 0 aromatic heterocycles. The molecule has 7 heteroatoms. The van der Waals surface area contributed by atoms with Crippen molar-refractivity contribution in [1.82, 2.24) is 10.2 Å². The zero-order chi connectivity index (χ0) is 15.2. The van der Waals surface area contributed by atoms with Gasteiger partial charge in [-0.15, -0.1) is 11.8 Å². The Balaban J connectivity index is 1.85. The molecule has 2 N–H and O–H groups in total. The fourth-order valence-electron chi connectivity index (χ4n) is 2.16. The lowest BCUT2D eigenvalue weighted by Crippen LogP contribution is -2.47. The van der Waals surface area contributed by atoms with E-state index in [-0.39, 0.29) is 6.03 Å². The van der Waals surface area contributed by atoms with Gasteiger partial charge in [0, 0.05) is 12.3 Å². The lowest BCUT2D eigenvalue weighted by molar-refractivity contribution is -0.140. The lowest BCUT2D eigenvalue weighted by Gasteiger charge is -2.21. The van der Waals surface area contributed by atoms with Crippen LogP contribution in [0.5, 0.6) is 5.75 Å². The van der Waals surface area contributed by atoms with Crippen LogP contribution in [-0.2, 0) is 11.2 Å². The molecule has 0 unspecified atom stereocenters. The van der Waals surface area contributed by atoms with Gasteiger partial charge in [0.15, 0.2) is 0 Å². The van der Waals surface area contributed by atoms with Gasteiger partial charge < -0.3 is 20.1 Å². The number of carboxylic acid groups (broad SMARTS) is 1. The molecule has 2 amide bonds. The van der Waals surface area contributed by atoms with E-state index in [0.717, 1.165) is 11.3 Å². The van der Waals surface area contributed by atoms with E-state index in [1.807, 2.05) is 24.3 Å². The van der Waals surface area contributed by atoms with Crippen molar-refractivity contribution in [2.75, 3.05) is 25.3 Å². The number of carbonyl (C=O) groups is 2. The minimum atomic E-state index is -0.958. The number of ether oxygens (including phenoxy) is 1. The van der Waals surface area contributed by atoms with Gasteiger partial charge >= 0.3 is 12.0 Å². The summed E-state index contributed by atoms with van der Waals surface area (Å²) in [6.45, 7) is 0.437. The molecule has 1 atom stereocenters. The molecule has 1 saturated heterocycles. The topological polar surface area (TPSA) is 78.9 Å². The number of para-hydroxylation sites is 1. The van der Waals surface area contributed by atoms with Crippen LogP contribution in [0.15, 0.2) is 24.3 Å². The number of urea groups is 1. The third kappa shape index (κ3) is 3.81. The first-order chi connectivity index (χ1) is 10.1. The average Bonchev–Trinajstić information content (AvgIpc) is 2.97. The fourth-order valence-corrected chi connectivity index (χ4v) is 3.31. The maximum absolute atomic E-state index is 12.0. The molecule has 0 aliphatic carbocycles. The number of hydrogen-bond acceptors (Lipinski definition) is 4. The predicted octanol–water partition coefficient (Wildman–Crippen LogP) is 1.41. The number of carboxylic acids is 1. The van der Waals surface area contributed by atoms with Crippen LogP contribution in [0.3, 0.4) is 0 Å². The van der Waals surface area contributed by atoms with Gasteiger partial charge in [-0.2, -0.15) is 0 Å². The van der Waals surface area contributed by atoms with Crippen molar-refractivity contribution >= 4 is 23.8 Å². The first-order valence-corrected chi connectivity index (χ1v) is 7.76. The van der Waals surface area contributed by atoms with Crippen LogP contribution in [-0.4, -0.2) is 53.3 Å². The molecule has 1 heterocycles.